The van der Waals surface area contributed by atoms with Crippen LogP contribution in [0.5, 0.6) is 0 Å². The van der Waals surface area contributed by atoms with E-state index < -0.39 is 12.0 Å². The van der Waals surface area contributed by atoms with Gasteiger partial charge in [0, 0.05) is 12.0 Å². The maximum absolute atomic E-state index is 12.3. The van der Waals surface area contributed by atoms with E-state index in [4.69, 9.17) is 5.11 Å². The molecule has 1 aromatic rings. The summed E-state index contributed by atoms with van der Waals surface area (Å²) in [4.78, 5) is 29.7. The SMILES string of the molecule is CC(C)(C)c1ncc(C(=O)N2CCCC2C(=O)O)s1. The van der Waals surface area contributed by atoms with Crippen molar-refractivity contribution in [1.82, 2.24) is 9.88 Å². The van der Waals surface area contributed by atoms with Crippen LogP contribution in [-0.4, -0.2) is 39.5 Å². The number of carbonyl (C=O) groups is 2. The highest BCUT2D eigenvalue weighted by atomic mass is 32.1. The van der Waals surface area contributed by atoms with E-state index in [9.17, 15) is 9.59 Å². The van der Waals surface area contributed by atoms with Gasteiger partial charge < -0.3 is 10.0 Å². The first-order valence-electron chi connectivity index (χ1n) is 6.31. The van der Waals surface area contributed by atoms with Crippen molar-refractivity contribution in [3.05, 3.63) is 16.1 Å². The van der Waals surface area contributed by atoms with Crippen LogP contribution >= 0.6 is 11.3 Å². The standard InChI is InChI=1S/C13H18N2O3S/c1-13(2,3)12-14-7-9(19-12)10(16)15-6-4-5-8(15)11(17)18/h7-8H,4-6H2,1-3H3,(H,17,18). The average molecular weight is 282 g/mol. The van der Waals surface area contributed by atoms with Gasteiger partial charge in [0.2, 0.25) is 0 Å². The van der Waals surface area contributed by atoms with Gasteiger partial charge in [-0.25, -0.2) is 9.78 Å². The first-order valence-corrected chi connectivity index (χ1v) is 7.12. The van der Waals surface area contributed by atoms with Gasteiger partial charge in [-0.1, -0.05) is 20.8 Å². The van der Waals surface area contributed by atoms with E-state index in [2.05, 4.69) is 4.98 Å². The van der Waals surface area contributed by atoms with Gasteiger partial charge in [-0.2, -0.15) is 0 Å². The molecule has 2 rings (SSSR count). The summed E-state index contributed by atoms with van der Waals surface area (Å²) in [5.41, 5.74) is -0.0968. The Morgan fingerprint density at radius 1 is 1.47 bits per heavy atom. The lowest BCUT2D eigenvalue weighted by molar-refractivity contribution is -0.141. The minimum atomic E-state index is -0.925. The fourth-order valence-electron chi connectivity index (χ4n) is 2.13. The van der Waals surface area contributed by atoms with Gasteiger partial charge in [-0.15, -0.1) is 11.3 Å². The van der Waals surface area contributed by atoms with Gasteiger partial charge in [0.1, 0.15) is 10.9 Å². The Kier molecular flexibility index (Phi) is 3.62. The Morgan fingerprint density at radius 2 is 2.16 bits per heavy atom. The summed E-state index contributed by atoms with van der Waals surface area (Å²) in [6, 6.07) is -0.687. The van der Waals surface area contributed by atoms with E-state index in [-0.39, 0.29) is 11.3 Å². The van der Waals surface area contributed by atoms with Gasteiger partial charge in [0.25, 0.3) is 5.91 Å². The fourth-order valence-corrected chi connectivity index (χ4v) is 3.06. The maximum atomic E-state index is 12.3. The molecule has 1 fully saturated rings. The molecule has 0 aromatic carbocycles. The highest BCUT2D eigenvalue weighted by molar-refractivity contribution is 7.13. The third kappa shape index (κ3) is 2.78. The lowest BCUT2D eigenvalue weighted by Crippen LogP contribution is -2.40. The molecular weight excluding hydrogens is 264 g/mol. The molecule has 1 N–H and O–H groups in total. The lowest BCUT2D eigenvalue weighted by Gasteiger charge is -2.20. The van der Waals surface area contributed by atoms with Crippen molar-refractivity contribution in [1.29, 1.82) is 0 Å². The van der Waals surface area contributed by atoms with Crippen LogP contribution in [0.3, 0.4) is 0 Å². The molecule has 1 atom stereocenters. The number of thiazole rings is 1. The summed E-state index contributed by atoms with van der Waals surface area (Å²) < 4.78 is 0. The summed E-state index contributed by atoms with van der Waals surface area (Å²) in [5, 5.41) is 10.00. The van der Waals surface area contributed by atoms with E-state index >= 15 is 0 Å². The Labute approximate surface area is 116 Å². The number of nitrogens with zero attached hydrogens (tertiary/aromatic N) is 2. The van der Waals surface area contributed by atoms with Crippen LogP contribution in [0.1, 0.15) is 48.3 Å². The van der Waals surface area contributed by atoms with E-state index in [1.54, 1.807) is 6.20 Å². The number of carbonyl (C=O) groups excluding carboxylic acids is 1. The van der Waals surface area contributed by atoms with Gasteiger partial charge in [-0.3, -0.25) is 4.79 Å². The zero-order chi connectivity index (χ0) is 14.2. The van der Waals surface area contributed by atoms with Crippen LogP contribution < -0.4 is 0 Å². The second-order valence-corrected chi connectivity index (χ2v) is 6.81. The van der Waals surface area contributed by atoms with Crippen LogP contribution in [0, 0.1) is 0 Å². The van der Waals surface area contributed by atoms with Crippen LogP contribution in [0.4, 0.5) is 0 Å². The molecule has 1 saturated heterocycles. The lowest BCUT2D eigenvalue weighted by atomic mass is 9.98. The molecule has 1 aliphatic heterocycles. The number of aliphatic carboxylic acids is 1. The molecule has 0 radical (unpaired) electrons. The molecule has 0 bridgehead atoms. The van der Waals surface area contributed by atoms with Crippen LogP contribution in [0.25, 0.3) is 0 Å². The Hall–Kier alpha value is -1.43. The topological polar surface area (TPSA) is 70.5 Å². The second-order valence-electron chi connectivity index (χ2n) is 5.77. The van der Waals surface area contributed by atoms with E-state index in [1.807, 2.05) is 20.8 Å². The second kappa shape index (κ2) is 4.92. The first-order chi connectivity index (χ1) is 8.80. The predicted octanol–water partition coefficient (Wildman–Crippen LogP) is 2.13. The number of rotatable bonds is 2. The molecule has 19 heavy (non-hydrogen) atoms. The number of hydrogen-bond donors (Lipinski definition) is 1. The van der Waals surface area contributed by atoms with Crippen molar-refractivity contribution < 1.29 is 14.7 Å². The summed E-state index contributed by atoms with van der Waals surface area (Å²) >= 11 is 1.35. The van der Waals surface area contributed by atoms with Gasteiger partial charge in [0.15, 0.2) is 0 Å². The highest BCUT2D eigenvalue weighted by Gasteiger charge is 2.35. The van der Waals surface area contributed by atoms with Crippen molar-refractivity contribution in [3.63, 3.8) is 0 Å². The fraction of sp³-hybridized carbons (Fsp3) is 0.615. The van der Waals surface area contributed by atoms with Crippen molar-refractivity contribution in [2.45, 2.75) is 45.1 Å². The molecule has 1 amide bonds. The Balaban J connectivity index is 2.20. The smallest absolute Gasteiger partial charge is 0.326 e. The molecular formula is C13H18N2O3S. The van der Waals surface area contributed by atoms with E-state index in [0.717, 1.165) is 11.4 Å². The quantitative estimate of drug-likeness (QED) is 0.902. The molecule has 5 nitrogen and oxygen atoms in total. The van der Waals surface area contributed by atoms with Crippen molar-refractivity contribution in [2.75, 3.05) is 6.54 Å². The normalized spacial score (nSPS) is 19.7. The monoisotopic (exact) mass is 282 g/mol. The number of carboxylic acids is 1. The van der Waals surface area contributed by atoms with Crippen LogP contribution in [0.15, 0.2) is 6.20 Å². The zero-order valence-corrected chi connectivity index (χ0v) is 12.2. The minimum absolute atomic E-state index is 0.0968. The van der Waals surface area contributed by atoms with Gasteiger partial charge in [0.05, 0.1) is 11.2 Å². The Morgan fingerprint density at radius 3 is 2.68 bits per heavy atom. The highest BCUT2D eigenvalue weighted by Crippen LogP contribution is 2.29. The Bertz CT molecular complexity index is 504. The summed E-state index contributed by atoms with van der Waals surface area (Å²) in [7, 11) is 0. The minimum Gasteiger partial charge on any atom is -0.480 e. The third-order valence-electron chi connectivity index (χ3n) is 3.16. The zero-order valence-electron chi connectivity index (χ0n) is 11.3. The van der Waals surface area contributed by atoms with E-state index in [1.165, 1.54) is 16.2 Å². The number of hydrogen-bond acceptors (Lipinski definition) is 4. The number of amides is 1. The number of carboxylic acid groups (broad SMARTS) is 1. The van der Waals surface area contributed by atoms with Gasteiger partial charge >= 0.3 is 5.97 Å². The first kappa shape index (κ1) is 14.0. The molecule has 2 heterocycles. The van der Waals surface area contributed by atoms with E-state index in [0.29, 0.717) is 17.8 Å². The van der Waals surface area contributed by atoms with Gasteiger partial charge in [-0.05, 0) is 12.8 Å². The molecule has 104 valence electrons. The molecule has 1 aliphatic rings. The van der Waals surface area contributed by atoms with Crippen LogP contribution in [-0.2, 0) is 10.2 Å². The molecule has 0 saturated carbocycles. The molecule has 6 heteroatoms. The van der Waals surface area contributed by atoms with Crippen molar-refractivity contribution >= 4 is 23.2 Å². The average Bonchev–Trinajstić information content (AvgIpc) is 2.96. The molecule has 0 spiro atoms. The molecule has 1 aromatic heterocycles. The maximum Gasteiger partial charge on any atom is 0.326 e. The van der Waals surface area contributed by atoms with Crippen molar-refractivity contribution in [3.8, 4) is 0 Å². The third-order valence-corrected chi connectivity index (χ3v) is 4.57. The number of likely N-dealkylation sites (tertiary alicyclic amines) is 1. The summed E-state index contributed by atoms with van der Waals surface area (Å²) in [6.45, 7) is 6.63. The molecule has 1 unspecified atom stereocenters. The van der Waals surface area contributed by atoms with Crippen molar-refractivity contribution in [2.24, 2.45) is 0 Å². The molecule has 0 aliphatic carbocycles. The predicted molar refractivity (Wildman–Crippen MR) is 72.5 cm³/mol. The summed E-state index contributed by atoms with van der Waals surface area (Å²) in [5.74, 6) is -1.13. The van der Waals surface area contributed by atoms with Crippen LogP contribution in [0.2, 0.25) is 0 Å². The number of aromatic nitrogens is 1. The summed E-state index contributed by atoms with van der Waals surface area (Å²) in [6.07, 6.45) is 2.84. The largest absolute Gasteiger partial charge is 0.480 e.